The van der Waals surface area contributed by atoms with Gasteiger partial charge in [0.1, 0.15) is 5.82 Å². The van der Waals surface area contributed by atoms with Gasteiger partial charge in [0.25, 0.3) is 0 Å². The van der Waals surface area contributed by atoms with Crippen molar-refractivity contribution >= 4 is 5.91 Å². The molecule has 3 nitrogen and oxygen atoms in total. The van der Waals surface area contributed by atoms with Gasteiger partial charge in [0.2, 0.25) is 5.91 Å². The van der Waals surface area contributed by atoms with Gasteiger partial charge in [-0.05, 0) is 56.5 Å². The van der Waals surface area contributed by atoms with E-state index < -0.39 is 0 Å². The Morgan fingerprint density at radius 1 is 1.24 bits per heavy atom. The van der Waals surface area contributed by atoms with Gasteiger partial charge >= 0.3 is 0 Å². The number of hydrogen-bond donors (Lipinski definition) is 2. The largest absolute Gasteiger partial charge is 0.355 e. The smallest absolute Gasteiger partial charge is 0.223 e. The van der Waals surface area contributed by atoms with Crippen LogP contribution in [0.15, 0.2) is 24.3 Å². The van der Waals surface area contributed by atoms with Gasteiger partial charge in [0.15, 0.2) is 0 Å². The van der Waals surface area contributed by atoms with Crippen LogP contribution in [0.2, 0.25) is 0 Å². The molecule has 2 aliphatic rings. The summed E-state index contributed by atoms with van der Waals surface area (Å²) in [5.74, 6) is 0.133. The van der Waals surface area contributed by atoms with Crippen LogP contribution in [0.3, 0.4) is 0 Å². The standard InChI is InChI=1S/C17H23FN2O/c18-15-4-2-14(3-5-15)17(8-1-9-17)12-20-16(21)13-6-10-19-11-7-13/h2-5,13,19H,1,6-12H2,(H,20,21). The van der Waals surface area contributed by atoms with Crippen LogP contribution in [0.1, 0.15) is 37.7 Å². The van der Waals surface area contributed by atoms with Gasteiger partial charge in [0.05, 0.1) is 0 Å². The molecule has 1 saturated heterocycles. The first-order valence-electron chi connectivity index (χ1n) is 7.94. The molecule has 0 radical (unpaired) electrons. The van der Waals surface area contributed by atoms with Crippen LogP contribution in [0.25, 0.3) is 0 Å². The molecule has 0 aromatic heterocycles. The first-order valence-corrected chi connectivity index (χ1v) is 7.94. The summed E-state index contributed by atoms with van der Waals surface area (Å²) in [5.41, 5.74) is 1.18. The minimum absolute atomic E-state index is 0.0241. The van der Waals surface area contributed by atoms with Gasteiger partial charge in [0, 0.05) is 17.9 Å². The summed E-state index contributed by atoms with van der Waals surface area (Å²) < 4.78 is 13.1. The Labute approximate surface area is 125 Å². The number of amides is 1. The fourth-order valence-corrected chi connectivity index (χ4v) is 3.46. The second-order valence-corrected chi connectivity index (χ2v) is 6.38. The van der Waals surface area contributed by atoms with Crippen molar-refractivity contribution in [1.82, 2.24) is 10.6 Å². The van der Waals surface area contributed by atoms with Gasteiger partial charge in [-0.15, -0.1) is 0 Å². The molecule has 0 spiro atoms. The fraction of sp³-hybridized carbons (Fsp3) is 0.588. The second kappa shape index (κ2) is 6.14. The lowest BCUT2D eigenvalue weighted by molar-refractivity contribution is -0.126. The van der Waals surface area contributed by atoms with E-state index >= 15 is 0 Å². The highest BCUT2D eigenvalue weighted by molar-refractivity contribution is 5.78. The first kappa shape index (κ1) is 14.5. The first-order chi connectivity index (χ1) is 10.2. The highest BCUT2D eigenvalue weighted by atomic mass is 19.1. The lowest BCUT2D eigenvalue weighted by Crippen LogP contribution is -2.48. The summed E-state index contributed by atoms with van der Waals surface area (Å²) in [4.78, 5) is 12.3. The average molecular weight is 290 g/mol. The normalized spacial score (nSPS) is 21.6. The van der Waals surface area contributed by atoms with Gasteiger partial charge in [-0.2, -0.15) is 0 Å². The molecule has 21 heavy (non-hydrogen) atoms. The van der Waals surface area contributed by atoms with Crippen LogP contribution in [-0.4, -0.2) is 25.5 Å². The number of benzene rings is 1. The van der Waals surface area contributed by atoms with Crippen LogP contribution in [0.4, 0.5) is 4.39 Å². The maximum absolute atomic E-state index is 13.1. The Kier molecular flexibility index (Phi) is 4.24. The van der Waals surface area contributed by atoms with Crippen molar-refractivity contribution in [2.24, 2.45) is 5.92 Å². The van der Waals surface area contributed by atoms with E-state index in [2.05, 4.69) is 10.6 Å². The summed E-state index contributed by atoms with van der Waals surface area (Å²) in [6, 6.07) is 6.77. The number of piperidine rings is 1. The molecule has 1 saturated carbocycles. The summed E-state index contributed by atoms with van der Waals surface area (Å²) in [6.07, 6.45) is 5.18. The molecule has 1 amide bonds. The SMILES string of the molecule is O=C(NCC1(c2ccc(F)cc2)CCC1)C1CCNCC1. The number of carbonyl (C=O) groups excluding carboxylic acids is 1. The van der Waals surface area contributed by atoms with E-state index in [0.29, 0.717) is 6.54 Å². The third-order valence-corrected chi connectivity index (χ3v) is 5.08. The molecular weight excluding hydrogens is 267 g/mol. The summed E-state index contributed by atoms with van der Waals surface area (Å²) >= 11 is 0. The molecule has 2 N–H and O–H groups in total. The summed E-state index contributed by atoms with van der Waals surface area (Å²) in [7, 11) is 0. The minimum atomic E-state index is -0.202. The molecule has 1 aromatic rings. The zero-order valence-electron chi connectivity index (χ0n) is 12.3. The predicted molar refractivity (Wildman–Crippen MR) is 80.5 cm³/mol. The molecule has 4 heteroatoms. The zero-order chi connectivity index (χ0) is 14.7. The van der Waals surface area contributed by atoms with Crippen molar-refractivity contribution in [3.8, 4) is 0 Å². The monoisotopic (exact) mass is 290 g/mol. The average Bonchev–Trinajstić information content (AvgIpc) is 2.48. The Morgan fingerprint density at radius 3 is 2.48 bits per heavy atom. The third kappa shape index (κ3) is 3.10. The second-order valence-electron chi connectivity index (χ2n) is 6.38. The number of nitrogens with one attached hydrogen (secondary N) is 2. The molecule has 0 bridgehead atoms. The van der Waals surface area contributed by atoms with Crippen LogP contribution in [0, 0.1) is 11.7 Å². The van der Waals surface area contributed by atoms with Gasteiger partial charge in [-0.25, -0.2) is 4.39 Å². The number of carbonyl (C=O) groups is 1. The van der Waals surface area contributed by atoms with Crippen LogP contribution >= 0.6 is 0 Å². The van der Waals surface area contributed by atoms with Crippen LogP contribution in [-0.2, 0) is 10.2 Å². The Morgan fingerprint density at radius 2 is 1.90 bits per heavy atom. The molecule has 1 heterocycles. The van der Waals surface area contributed by atoms with Crippen molar-refractivity contribution in [1.29, 1.82) is 0 Å². The van der Waals surface area contributed by atoms with Crippen molar-refractivity contribution < 1.29 is 9.18 Å². The third-order valence-electron chi connectivity index (χ3n) is 5.08. The summed E-state index contributed by atoms with van der Waals surface area (Å²) in [5, 5.41) is 6.43. The van der Waals surface area contributed by atoms with Crippen LogP contribution in [0.5, 0.6) is 0 Å². The van der Waals surface area contributed by atoms with Gasteiger partial charge in [-0.3, -0.25) is 4.79 Å². The van der Waals surface area contributed by atoms with Gasteiger partial charge < -0.3 is 10.6 Å². The Bertz CT molecular complexity index is 490. The highest BCUT2D eigenvalue weighted by Crippen LogP contribution is 2.43. The molecule has 114 valence electrons. The fourth-order valence-electron chi connectivity index (χ4n) is 3.46. The van der Waals surface area contributed by atoms with Gasteiger partial charge in [-0.1, -0.05) is 18.6 Å². The van der Waals surface area contributed by atoms with E-state index in [4.69, 9.17) is 0 Å². The lowest BCUT2D eigenvalue weighted by Gasteiger charge is -2.43. The maximum atomic E-state index is 13.1. The topological polar surface area (TPSA) is 41.1 Å². The van der Waals surface area contributed by atoms with E-state index in [0.717, 1.165) is 44.3 Å². The van der Waals surface area contributed by atoms with Crippen molar-refractivity contribution in [2.45, 2.75) is 37.5 Å². The van der Waals surface area contributed by atoms with Crippen molar-refractivity contribution in [3.05, 3.63) is 35.6 Å². The van der Waals surface area contributed by atoms with E-state index in [1.165, 1.54) is 18.6 Å². The number of rotatable bonds is 4. The maximum Gasteiger partial charge on any atom is 0.223 e. The number of hydrogen-bond acceptors (Lipinski definition) is 2. The molecule has 1 aliphatic heterocycles. The lowest BCUT2D eigenvalue weighted by atomic mass is 9.64. The Hall–Kier alpha value is -1.42. The van der Waals surface area contributed by atoms with Crippen molar-refractivity contribution in [3.63, 3.8) is 0 Å². The Balaban J connectivity index is 1.61. The molecule has 1 aromatic carbocycles. The van der Waals surface area contributed by atoms with E-state index in [-0.39, 0.29) is 23.1 Å². The number of halogens is 1. The van der Waals surface area contributed by atoms with Crippen LogP contribution < -0.4 is 10.6 Å². The quantitative estimate of drug-likeness (QED) is 0.894. The molecule has 3 rings (SSSR count). The van der Waals surface area contributed by atoms with Crippen molar-refractivity contribution in [2.75, 3.05) is 19.6 Å². The molecule has 1 aliphatic carbocycles. The summed E-state index contributed by atoms with van der Waals surface area (Å²) in [6.45, 7) is 2.55. The van der Waals surface area contributed by atoms with E-state index in [1.54, 1.807) is 0 Å². The highest BCUT2D eigenvalue weighted by Gasteiger charge is 2.39. The molecular formula is C17H23FN2O. The molecule has 2 fully saturated rings. The predicted octanol–water partition coefficient (Wildman–Crippen LogP) is 2.36. The minimum Gasteiger partial charge on any atom is -0.355 e. The zero-order valence-corrected chi connectivity index (χ0v) is 12.3. The van der Waals surface area contributed by atoms with E-state index in [1.807, 2.05) is 12.1 Å². The molecule has 0 atom stereocenters. The molecule has 0 unspecified atom stereocenters. The van der Waals surface area contributed by atoms with E-state index in [9.17, 15) is 9.18 Å².